The second kappa shape index (κ2) is 10.2. The van der Waals surface area contributed by atoms with Gasteiger partial charge in [-0.1, -0.05) is 28.1 Å². The largest absolute Gasteiger partial charge is 0.484 e. The maximum atomic E-state index is 12.3. The number of halogens is 1. The van der Waals surface area contributed by atoms with Gasteiger partial charge in [0, 0.05) is 16.2 Å². The lowest BCUT2D eigenvalue weighted by atomic mass is 10.1. The minimum Gasteiger partial charge on any atom is -0.484 e. The zero-order chi connectivity index (χ0) is 22.4. The number of ether oxygens (including phenoxy) is 1. The first-order valence-corrected chi connectivity index (χ1v) is 10.5. The molecule has 0 radical (unpaired) electrons. The van der Waals surface area contributed by atoms with Crippen LogP contribution in [0.5, 0.6) is 5.75 Å². The second-order valence-corrected chi connectivity index (χ2v) is 8.19. The van der Waals surface area contributed by atoms with Crippen molar-refractivity contribution in [2.75, 3.05) is 11.9 Å². The molecular formula is C22H23BrN4O4. The van der Waals surface area contributed by atoms with Gasteiger partial charge in [0.2, 0.25) is 0 Å². The van der Waals surface area contributed by atoms with E-state index in [1.165, 1.54) is 6.21 Å². The Morgan fingerprint density at radius 1 is 1.13 bits per heavy atom. The van der Waals surface area contributed by atoms with Gasteiger partial charge in [0.15, 0.2) is 6.61 Å². The molecule has 0 atom stereocenters. The second-order valence-electron chi connectivity index (χ2n) is 7.27. The van der Waals surface area contributed by atoms with E-state index >= 15 is 0 Å². The van der Waals surface area contributed by atoms with Gasteiger partial charge in [-0.15, -0.1) is 0 Å². The number of rotatable bonds is 7. The van der Waals surface area contributed by atoms with Crippen LogP contribution in [0.4, 0.5) is 5.69 Å². The molecule has 3 amide bonds. The molecule has 1 saturated carbocycles. The summed E-state index contributed by atoms with van der Waals surface area (Å²) in [5, 5.41) is 9.23. The summed E-state index contributed by atoms with van der Waals surface area (Å²) in [7, 11) is 0. The molecule has 1 aliphatic rings. The fourth-order valence-electron chi connectivity index (χ4n) is 2.81. The Bertz CT molecular complexity index is 1010. The Hall–Kier alpha value is -3.20. The highest BCUT2D eigenvalue weighted by atomic mass is 79.9. The summed E-state index contributed by atoms with van der Waals surface area (Å²) in [4.78, 5) is 35.5. The number of hydrazone groups is 1. The Balaban J connectivity index is 1.50. The summed E-state index contributed by atoms with van der Waals surface area (Å²) >= 11 is 3.43. The van der Waals surface area contributed by atoms with Crippen LogP contribution < -0.4 is 20.8 Å². The van der Waals surface area contributed by atoms with E-state index < -0.39 is 11.8 Å². The number of carbonyl (C=O) groups excluding carboxylic acids is 3. The molecule has 162 valence electrons. The predicted octanol–water partition coefficient (Wildman–Crippen LogP) is 2.81. The van der Waals surface area contributed by atoms with Crippen LogP contribution in [0.1, 0.15) is 29.5 Å². The van der Waals surface area contributed by atoms with Crippen molar-refractivity contribution in [2.45, 2.75) is 32.7 Å². The number of carbonyl (C=O) groups is 3. The van der Waals surface area contributed by atoms with Crippen LogP contribution >= 0.6 is 15.9 Å². The topological polar surface area (TPSA) is 109 Å². The van der Waals surface area contributed by atoms with Crippen LogP contribution in [0, 0.1) is 13.8 Å². The van der Waals surface area contributed by atoms with Gasteiger partial charge in [-0.05, 0) is 67.6 Å². The molecular weight excluding hydrogens is 464 g/mol. The van der Waals surface area contributed by atoms with Gasteiger partial charge in [0.05, 0.1) is 6.21 Å². The molecule has 3 N–H and O–H groups in total. The number of benzene rings is 2. The van der Waals surface area contributed by atoms with Gasteiger partial charge in [-0.25, -0.2) is 5.43 Å². The minimum absolute atomic E-state index is 0.102. The number of anilines is 1. The molecule has 2 aromatic carbocycles. The third-order valence-electron chi connectivity index (χ3n) is 4.49. The van der Waals surface area contributed by atoms with Crippen molar-refractivity contribution in [3.63, 3.8) is 0 Å². The summed E-state index contributed by atoms with van der Waals surface area (Å²) in [5.74, 6) is -1.31. The molecule has 1 fully saturated rings. The standard InChI is InChI=1S/C22H23BrN4O4/c1-13-8-16(23)9-14(2)20(13)26-19(28)12-31-18-5-3-4-15(10-18)11-24-27-22(30)21(29)25-17-6-7-17/h3-5,8-11,17H,6-7,12H2,1-2H3,(H,25,29)(H,26,28)(H,27,30)/b24-11-. The normalized spacial score (nSPS) is 13.0. The third-order valence-corrected chi connectivity index (χ3v) is 4.95. The number of nitrogens with one attached hydrogen (secondary N) is 3. The molecule has 0 heterocycles. The lowest BCUT2D eigenvalue weighted by Crippen LogP contribution is -2.38. The Morgan fingerprint density at radius 3 is 2.52 bits per heavy atom. The van der Waals surface area contributed by atoms with E-state index in [0.29, 0.717) is 11.3 Å². The fraction of sp³-hybridized carbons (Fsp3) is 0.273. The van der Waals surface area contributed by atoms with Crippen LogP contribution in [0.15, 0.2) is 46.0 Å². The monoisotopic (exact) mass is 486 g/mol. The van der Waals surface area contributed by atoms with E-state index in [2.05, 4.69) is 37.1 Å². The van der Waals surface area contributed by atoms with Crippen LogP contribution in [0.2, 0.25) is 0 Å². The molecule has 0 bridgehead atoms. The average molecular weight is 487 g/mol. The van der Waals surface area contributed by atoms with Crippen LogP contribution in [-0.2, 0) is 14.4 Å². The molecule has 8 nitrogen and oxygen atoms in total. The zero-order valence-corrected chi connectivity index (χ0v) is 18.8. The van der Waals surface area contributed by atoms with E-state index in [4.69, 9.17) is 4.74 Å². The maximum Gasteiger partial charge on any atom is 0.329 e. The van der Waals surface area contributed by atoms with Crippen molar-refractivity contribution in [1.82, 2.24) is 10.7 Å². The molecule has 0 saturated heterocycles. The molecule has 9 heteroatoms. The summed E-state index contributed by atoms with van der Waals surface area (Å²) in [5.41, 5.74) is 5.49. The van der Waals surface area contributed by atoms with Crippen LogP contribution in [0.25, 0.3) is 0 Å². The van der Waals surface area contributed by atoms with Crippen molar-refractivity contribution in [3.05, 3.63) is 57.6 Å². The summed E-state index contributed by atoms with van der Waals surface area (Å²) in [6.45, 7) is 3.68. The highest BCUT2D eigenvalue weighted by molar-refractivity contribution is 9.10. The zero-order valence-electron chi connectivity index (χ0n) is 17.2. The molecule has 0 aliphatic heterocycles. The Kier molecular flexibility index (Phi) is 7.41. The van der Waals surface area contributed by atoms with Crippen molar-refractivity contribution >= 4 is 45.6 Å². The summed E-state index contributed by atoms with van der Waals surface area (Å²) in [6, 6.07) is 10.8. The highest BCUT2D eigenvalue weighted by Crippen LogP contribution is 2.25. The lowest BCUT2D eigenvalue weighted by molar-refractivity contribution is -0.139. The third kappa shape index (κ3) is 6.92. The molecule has 3 rings (SSSR count). The SMILES string of the molecule is Cc1cc(Br)cc(C)c1NC(=O)COc1cccc(/C=N\NC(=O)C(=O)NC2CC2)c1. The predicted molar refractivity (Wildman–Crippen MR) is 121 cm³/mol. The number of hydrogen-bond acceptors (Lipinski definition) is 5. The molecule has 0 unspecified atom stereocenters. The van der Waals surface area contributed by atoms with Gasteiger partial charge in [-0.2, -0.15) is 5.10 Å². The van der Waals surface area contributed by atoms with E-state index in [1.807, 2.05) is 26.0 Å². The van der Waals surface area contributed by atoms with Crippen molar-refractivity contribution in [3.8, 4) is 5.75 Å². The number of aryl methyl sites for hydroxylation is 2. The van der Waals surface area contributed by atoms with Crippen LogP contribution in [-0.4, -0.2) is 36.6 Å². The molecule has 0 aromatic heterocycles. The molecule has 1 aliphatic carbocycles. The van der Waals surface area contributed by atoms with Gasteiger partial charge in [0.25, 0.3) is 5.91 Å². The van der Waals surface area contributed by atoms with E-state index in [-0.39, 0.29) is 18.6 Å². The maximum absolute atomic E-state index is 12.3. The van der Waals surface area contributed by atoms with E-state index in [0.717, 1.165) is 34.1 Å². The average Bonchev–Trinajstić information content (AvgIpc) is 3.53. The Labute approximate surface area is 188 Å². The molecule has 0 spiro atoms. The highest BCUT2D eigenvalue weighted by Gasteiger charge is 2.26. The quantitative estimate of drug-likeness (QED) is 0.317. The minimum atomic E-state index is -0.814. The van der Waals surface area contributed by atoms with Crippen molar-refractivity contribution < 1.29 is 19.1 Å². The summed E-state index contributed by atoms with van der Waals surface area (Å²) < 4.78 is 6.52. The fourth-order valence-corrected chi connectivity index (χ4v) is 3.50. The Morgan fingerprint density at radius 2 is 1.84 bits per heavy atom. The first-order chi connectivity index (χ1) is 14.8. The van der Waals surface area contributed by atoms with Gasteiger partial charge < -0.3 is 15.4 Å². The lowest BCUT2D eigenvalue weighted by Gasteiger charge is -2.13. The first kappa shape index (κ1) is 22.5. The van der Waals surface area contributed by atoms with E-state index in [1.54, 1.807) is 24.3 Å². The number of nitrogens with zero attached hydrogens (tertiary/aromatic N) is 1. The first-order valence-electron chi connectivity index (χ1n) is 9.75. The number of amides is 3. The van der Waals surface area contributed by atoms with Gasteiger partial charge >= 0.3 is 11.8 Å². The van der Waals surface area contributed by atoms with Gasteiger partial charge in [0.1, 0.15) is 5.75 Å². The van der Waals surface area contributed by atoms with E-state index in [9.17, 15) is 14.4 Å². The van der Waals surface area contributed by atoms with Gasteiger partial charge in [-0.3, -0.25) is 14.4 Å². The number of hydrogen-bond donors (Lipinski definition) is 3. The van der Waals surface area contributed by atoms with Crippen LogP contribution in [0.3, 0.4) is 0 Å². The molecule has 31 heavy (non-hydrogen) atoms. The smallest absolute Gasteiger partial charge is 0.329 e. The van der Waals surface area contributed by atoms with Crippen molar-refractivity contribution in [2.24, 2.45) is 5.10 Å². The molecule has 2 aromatic rings. The summed E-state index contributed by atoms with van der Waals surface area (Å²) in [6.07, 6.45) is 3.19. The van der Waals surface area contributed by atoms with Crippen molar-refractivity contribution in [1.29, 1.82) is 0 Å².